The molecule has 0 aliphatic rings. The van der Waals surface area contributed by atoms with Gasteiger partial charge in [-0.1, -0.05) is 35.0 Å². The molecule has 0 fully saturated rings. The molecular formula is C18H13ClN4O2. The highest BCUT2D eigenvalue weighted by Gasteiger charge is 2.15. The minimum atomic E-state index is 0.371. The van der Waals surface area contributed by atoms with Gasteiger partial charge in [-0.2, -0.15) is 10.1 Å². The van der Waals surface area contributed by atoms with Crippen LogP contribution >= 0.6 is 11.6 Å². The van der Waals surface area contributed by atoms with Crippen molar-refractivity contribution in [3.8, 4) is 39.8 Å². The predicted octanol–water partition coefficient (Wildman–Crippen LogP) is 4.46. The summed E-state index contributed by atoms with van der Waals surface area (Å²) in [4.78, 5) is 4.48. The number of aromatic amines is 1. The summed E-state index contributed by atoms with van der Waals surface area (Å²) in [5.41, 5.74) is 3.45. The molecule has 2 heterocycles. The van der Waals surface area contributed by atoms with Crippen LogP contribution in [0.2, 0.25) is 5.02 Å². The molecule has 0 aliphatic heterocycles. The number of methoxy groups -OCH3 is 1. The molecule has 7 heteroatoms. The summed E-state index contributed by atoms with van der Waals surface area (Å²) in [6.07, 6.45) is 1.71. The monoisotopic (exact) mass is 352 g/mol. The minimum absolute atomic E-state index is 0.371. The molecule has 0 bridgehead atoms. The van der Waals surface area contributed by atoms with Gasteiger partial charge in [0.25, 0.3) is 5.89 Å². The van der Waals surface area contributed by atoms with Crippen LogP contribution in [0, 0.1) is 0 Å². The van der Waals surface area contributed by atoms with Gasteiger partial charge in [-0.25, -0.2) is 0 Å². The molecular weight excluding hydrogens is 340 g/mol. The normalized spacial score (nSPS) is 10.8. The smallest absolute Gasteiger partial charge is 0.262 e. The van der Waals surface area contributed by atoms with Gasteiger partial charge in [0.1, 0.15) is 5.75 Å². The third kappa shape index (κ3) is 2.99. The lowest BCUT2D eigenvalue weighted by Gasteiger charge is -2.04. The second-order valence-electron chi connectivity index (χ2n) is 5.32. The quantitative estimate of drug-likeness (QED) is 0.587. The van der Waals surface area contributed by atoms with Crippen molar-refractivity contribution < 1.29 is 9.26 Å². The standard InChI is InChI=1S/C18H13ClN4O2/c1-24-16-10-13(19)5-6-14(16)18-21-17(23-25-18)12-4-2-3-11(9-12)15-7-8-20-22-15/h2-10H,1H3,(H,20,22). The molecule has 0 radical (unpaired) electrons. The Kier molecular flexibility index (Phi) is 3.95. The van der Waals surface area contributed by atoms with Gasteiger partial charge in [0, 0.05) is 22.3 Å². The first-order valence-electron chi connectivity index (χ1n) is 7.52. The molecule has 2 aromatic carbocycles. The number of hydrogen-bond donors (Lipinski definition) is 1. The molecule has 0 spiro atoms. The molecule has 4 rings (SSSR count). The average Bonchev–Trinajstić information content (AvgIpc) is 3.34. The zero-order chi connectivity index (χ0) is 17.2. The average molecular weight is 353 g/mol. The van der Waals surface area contributed by atoms with Crippen molar-refractivity contribution in [3.05, 3.63) is 59.8 Å². The Morgan fingerprint density at radius 1 is 1.08 bits per heavy atom. The first-order chi connectivity index (χ1) is 12.2. The number of ether oxygens (including phenoxy) is 1. The summed E-state index contributed by atoms with van der Waals surface area (Å²) in [6.45, 7) is 0. The van der Waals surface area contributed by atoms with Gasteiger partial charge >= 0.3 is 0 Å². The largest absolute Gasteiger partial charge is 0.496 e. The molecule has 2 aromatic heterocycles. The van der Waals surface area contributed by atoms with Crippen LogP contribution in [0.1, 0.15) is 0 Å². The SMILES string of the molecule is COc1cc(Cl)ccc1-c1nc(-c2cccc(-c3ccn[nH]3)c2)no1. The van der Waals surface area contributed by atoms with E-state index in [2.05, 4.69) is 20.3 Å². The van der Waals surface area contributed by atoms with E-state index in [9.17, 15) is 0 Å². The van der Waals surface area contributed by atoms with Crippen molar-refractivity contribution in [1.82, 2.24) is 20.3 Å². The van der Waals surface area contributed by atoms with E-state index in [1.807, 2.05) is 30.3 Å². The summed E-state index contributed by atoms with van der Waals surface area (Å²) in [7, 11) is 1.57. The van der Waals surface area contributed by atoms with E-state index >= 15 is 0 Å². The number of aromatic nitrogens is 4. The lowest BCUT2D eigenvalue weighted by molar-refractivity contribution is 0.405. The minimum Gasteiger partial charge on any atom is -0.496 e. The maximum absolute atomic E-state index is 6.00. The lowest BCUT2D eigenvalue weighted by atomic mass is 10.1. The number of nitrogens with zero attached hydrogens (tertiary/aromatic N) is 3. The van der Waals surface area contributed by atoms with Crippen molar-refractivity contribution in [2.75, 3.05) is 7.11 Å². The summed E-state index contributed by atoms with van der Waals surface area (Å²) in [5.74, 6) is 1.44. The Balaban J connectivity index is 1.72. The van der Waals surface area contributed by atoms with Crippen molar-refractivity contribution in [1.29, 1.82) is 0 Å². The lowest BCUT2D eigenvalue weighted by Crippen LogP contribution is -1.88. The van der Waals surface area contributed by atoms with Crippen molar-refractivity contribution in [2.45, 2.75) is 0 Å². The van der Waals surface area contributed by atoms with Crippen LogP contribution in [0.3, 0.4) is 0 Å². The molecule has 25 heavy (non-hydrogen) atoms. The van der Waals surface area contributed by atoms with E-state index in [0.29, 0.717) is 28.1 Å². The van der Waals surface area contributed by atoms with Crippen LogP contribution in [-0.2, 0) is 0 Å². The van der Waals surface area contributed by atoms with Crippen molar-refractivity contribution in [3.63, 3.8) is 0 Å². The zero-order valence-corrected chi connectivity index (χ0v) is 14.0. The van der Waals surface area contributed by atoms with Crippen LogP contribution in [0.4, 0.5) is 0 Å². The Morgan fingerprint density at radius 3 is 2.76 bits per heavy atom. The summed E-state index contributed by atoms with van der Waals surface area (Å²) in [6, 6.07) is 15.0. The number of benzene rings is 2. The number of nitrogens with one attached hydrogen (secondary N) is 1. The van der Waals surface area contributed by atoms with Crippen molar-refractivity contribution in [2.24, 2.45) is 0 Å². The number of halogens is 1. The molecule has 6 nitrogen and oxygen atoms in total. The van der Waals surface area contributed by atoms with Crippen LogP contribution in [-0.4, -0.2) is 27.4 Å². The van der Waals surface area contributed by atoms with Crippen LogP contribution in [0.5, 0.6) is 5.75 Å². The van der Waals surface area contributed by atoms with E-state index in [4.69, 9.17) is 20.9 Å². The fourth-order valence-corrected chi connectivity index (χ4v) is 2.70. The molecule has 0 saturated carbocycles. The Morgan fingerprint density at radius 2 is 1.96 bits per heavy atom. The van der Waals surface area contributed by atoms with Gasteiger partial charge in [-0.05, 0) is 30.3 Å². The van der Waals surface area contributed by atoms with Gasteiger partial charge in [0.2, 0.25) is 5.82 Å². The topological polar surface area (TPSA) is 76.8 Å². The number of hydrogen-bond acceptors (Lipinski definition) is 5. The molecule has 0 aliphatic carbocycles. The molecule has 0 atom stereocenters. The maximum Gasteiger partial charge on any atom is 0.262 e. The van der Waals surface area contributed by atoms with Crippen LogP contribution in [0.25, 0.3) is 34.1 Å². The molecule has 1 N–H and O–H groups in total. The summed E-state index contributed by atoms with van der Waals surface area (Å²) in [5, 5.41) is 11.6. The highest BCUT2D eigenvalue weighted by Crippen LogP contribution is 2.32. The fraction of sp³-hybridized carbons (Fsp3) is 0.0556. The summed E-state index contributed by atoms with van der Waals surface area (Å²) < 4.78 is 10.8. The Bertz CT molecular complexity index is 1010. The fourth-order valence-electron chi connectivity index (χ4n) is 2.53. The second-order valence-corrected chi connectivity index (χ2v) is 5.76. The Hall–Kier alpha value is -3.12. The Labute approximate surface area is 148 Å². The van der Waals surface area contributed by atoms with Gasteiger partial charge in [0.05, 0.1) is 18.4 Å². The van der Waals surface area contributed by atoms with E-state index in [1.54, 1.807) is 31.5 Å². The van der Waals surface area contributed by atoms with Gasteiger partial charge < -0.3 is 9.26 Å². The predicted molar refractivity (Wildman–Crippen MR) is 94.3 cm³/mol. The third-order valence-corrected chi connectivity index (χ3v) is 3.99. The molecule has 0 saturated heterocycles. The zero-order valence-electron chi connectivity index (χ0n) is 13.2. The molecule has 0 unspecified atom stereocenters. The maximum atomic E-state index is 6.00. The number of rotatable bonds is 4. The first kappa shape index (κ1) is 15.4. The highest BCUT2D eigenvalue weighted by molar-refractivity contribution is 6.30. The van der Waals surface area contributed by atoms with Gasteiger partial charge in [-0.3, -0.25) is 5.10 Å². The van der Waals surface area contributed by atoms with Gasteiger partial charge in [0.15, 0.2) is 0 Å². The van der Waals surface area contributed by atoms with Crippen LogP contribution < -0.4 is 4.74 Å². The van der Waals surface area contributed by atoms with E-state index in [-0.39, 0.29) is 0 Å². The van der Waals surface area contributed by atoms with E-state index in [1.165, 1.54) is 0 Å². The first-order valence-corrected chi connectivity index (χ1v) is 7.90. The highest BCUT2D eigenvalue weighted by atomic mass is 35.5. The molecule has 124 valence electrons. The third-order valence-electron chi connectivity index (χ3n) is 3.75. The van der Waals surface area contributed by atoms with Gasteiger partial charge in [-0.15, -0.1) is 0 Å². The molecule has 0 amide bonds. The second kappa shape index (κ2) is 6.41. The number of H-pyrrole nitrogens is 1. The van der Waals surface area contributed by atoms with Crippen molar-refractivity contribution >= 4 is 11.6 Å². The van der Waals surface area contributed by atoms with Crippen LogP contribution in [0.15, 0.2) is 59.3 Å². The summed E-state index contributed by atoms with van der Waals surface area (Å²) >= 11 is 6.00. The van der Waals surface area contributed by atoms with E-state index < -0.39 is 0 Å². The van der Waals surface area contributed by atoms with E-state index in [0.717, 1.165) is 16.8 Å². The molecule has 4 aromatic rings.